The normalized spacial score (nSPS) is 17.6. The van der Waals surface area contributed by atoms with Crippen molar-refractivity contribution in [3.05, 3.63) is 57.6 Å². The van der Waals surface area contributed by atoms with Gasteiger partial charge in [0.25, 0.3) is 0 Å². The third kappa shape index (κ3) is 12.2. The molecule has 0 amide bonds. The number of aryl methyl sites for hydroxylation is 1. The quantitative estimate of drug-likeness (QED) is 0.223. The van der Waals surface area contributed by atoms with Gasteiger partial charge in [-0.15, -0.1) is 0 Å². The molecule has 0 bridgehead atoms. The summed E-state index contributed by atoms with van der Waals surface area (Å²) in [6, 6.07) is 8.38. The van der Waals surface area contributed by atoms with Crippen LogP contribution in [0, 0.1) is 6.92 Å². The van der Waals surface area contributed by atoms with E-state index in [0.717, 1.165) is 53.5 Å². The van der Waals surface area contributed by atoms with Crippen LogP contribution in [0.5, 0.6) is 11.5 Å². The van der Waals surface area contributed by atoms with Gasteiger partial charge in [-0.3, -0.25) is 14.8 Å². The van der Waals surface area contributed by atoms with Crippen molar-refractivity contribution >= 4 is 18.4 Å². The molecule has 8 heteroatoms. The molecule has 0 heterocycles. The number of benzene rings is 2. The third-order valence-electron chi connectivity index (χ3n) is 7.96. The second-order valence-electron chi connectivity index (χ2n) is 15.2. The SMILES string of the molecule is Cc1cc(C=NC2CCCCC2N=Cc2cc(C(C)(C)C)cc(C(C)(C)C)c2O)c(O)c(C(C)(C)C)c1.O=C(O)CCCO.[Co]. The first-order valence-electron chi connectivity index (χ1n) is 15.9. The zero-order chi connectivity index (χ0) is 33.5. The van der Waals surface area contributed by atoms with Gasteiger partial charge in [0.15, 0.2) is 0 Å². The van der Waals surface area contributed by atoms with Gasteiger partial charge in [-0.05, 0) is 65.7 Å². The van der Waals surface area contributed by atoms with Crippen molar-refractivity contribution in [3.63, 3.8) is 0 Å². The minimum Gasteiger partial charge on any atom is -0.507 e. The molecule has 2 aromatic carbocycles. The molecule has 253 valence electrons. The number of aromatic hydroxyl groups is 2. The molecular weight excluding hydrogens is 611 g/mol. The van der Waals surface area contributed by atoms with Crippen molar-refractivity contribution < 1.29 is 42.0 Å². The summed E-state index contributed by atoms with van der Waals surface area (Å²) < 4.78 is 0. The van der Waals surface area contributed by atoms with E-state index >= 15 is 0 Å². The molecule has 2 aromatic rings. The van der Waals surface area contributed by atoms with Gasteiger partial charge in [0.1, 0.15) is 11.5 Å². The molecule has 45 heavy (non-hydrogen) atoms. The molecule has 0 spiro atoms. The van der Waals surface area contributed by atoms with Crippen LogP contribution in [-0.2, 0) is 37.8 Å². The summed E-state index contributed by atoms with van der Waals surface area (Å²) in [5.41, 5.74) is 5.39. The van der Waals surface area contributed by atoms with Crippen LogP contribution in [0.2, 0.25) is 0 Å². The topological polar surface area (TPSA) is 123 Å². The van der Waals surface area contributed by atoms with Gasteiger partial charge >= 0.3 is 5.97 Å². The fraction of sp³-hybridized carbons (Fsp3) is 0.595. The van der Waals surface area contributed by atoms with Crippen LogP contribution < -0.4 is 0 Å². The van der Waals surface area contributed by atoms with E-state index in [-0.39, 0.29) is 58.1 Å². The van der Waals surface area contributed by atoms with Gasteiger partial charge < -0.3 is 20.4 Å². The number of hydrogen-bond acceptors (Lipinski definition) is 6. The average molecular weight is 668 g/mol. The predicted octanol–water partition coefficient (Wildman–Crippen LogP) is 7.99. The van der Waals surface area contributed by atoms with Crippen LogP contribution in [0.3, 0.4) is 0 Å². The molecule has 2 unspecified atom stereocenters. The molecule has 3 rings (SSSR count). The van der Waals surface area contributed by atoms with Crippen molar-refractivity contribution in [1.29, 1.82) is 0 Å². The molecule has 1 aliphatic carbocycles. The molecule has 0 saturated heterocycles. The number of carboxylic acid groups (broad SMARTS) is 1. The van der Waals surface area contributed by atoms with Crippen LogP contribution in [0.1, 0.15) is 134 Å². The Labute approximate surface area is 281 Å². The molecule has 0 aromatic heterocycles. The molecule has 4 N–H and O–H groups in total. The number of carboxylic acids is 1. The zero-order valence-electron chi connectivity index (χ0n) is 29.0. The number of aliphatic hydroxyl groups excluding tert-OH is 1. The molecule has 1 fully saturated rings. The summed E-state index contributed by atoms with van der Waals surface area (Å²) >= 11 is 0. The molecule has 7 nitrogen and oxygen atoms in total. The van der Waals surface area contributed by atoms with Crippen molar-refractivity contribution in [3.8, 4) is 11.5 Å². The van der Waals surface area contributed by atoms with E-state index in [1.54, 1.807) is 0 Å². The fourth-order valence-corrected chi connectivity index (χ4v) is 5.26. The number of aliphatic carboxylic acids is 1. The largest absolute Gasteiger partial charge is 0.507 e. The van der Waals surface area contributed by atoms with Crippen LogP contribution >= 0.6 is 0 Å². The van der Waals surface area contributed by atoms with Gasteiger partial charge in [-0.25, -0.2) is 0 Å². The summed E-state index contributed by atoms with van der Waals surface area (Å²) in [5.74, 6) is -0.218. The van der Waals surface area contributed by atoms with E-state index in [1.807, 2.05) is 18.5 Å². The van der Waals surface area contributed by atoms with Crippen LogP contribution in [0.25, 0.3) is 0 Å². The zero-order valence-corrected chi connectivity index (χ0v) is 30.0. The molecule has 2 atom stereocenters. The van der Waals surface area contributed by atoms with Gasteiger partial charge in [0.2, 0.25) is 0 Å². The molecular formula is C37H56CoN2O5. The van der Waals surface area contributed by atoms with Crippen molar-refractivity contribution in [2.75, 3.05) is 6.61 Å². The van der Waals surface area contributed by atoms with E-state index in [9.17, 15) is 15.0 Å². The van der Waals surface area contributed by atoms with E-state index in [4.69, 9.17) is 20.2 Å². The van der Waals surface area contributed by atoms with Crippen molar-refractivity contribution in [2.24, 2.45) is 9.98 Å². The first-order chi connectivity index (χ1) is 20.3. The number of carbonyl (C=O) groups is 1. The number of aliphatic imine (C=N–C) groups is 2. The van der Waals surface area contributed by atoms with Crippen LogP contribution in [0.4, 0.5) is 0 Å². The Morgan fingerprint density at radius 1 is 0.778 bits per heavy atom. The number of rotatable bonds is 7. The maximum atomic E-state index is 11.2. The maximum Gasteiger partial charge on any atom is 0.303 e. The molecule has 0 aliphatic heterocycles. The molecule has 1 aliphatic rings. The van der Waals surface area contributed by atoms with Crippen LogP contribution in [-0.4, -0.2) is 57.5 Å². The Hall–Kier alpha value is -2.68. The van der Waals surface area contributed by atoms with Gasteiger partial charge in [0, 0.05) is 64.5 Å². The molecule has 1 saturated carbocycles. The summed E-state index contributed by atoms with van der Waals surface area (Å²) in [6.07, 6.45) is 8.31. The Morgan fingerprint density at radius 2 is 1.22 bits per heavy atom. The van der Waals surface area contributed by atoms with Gasteiger partial charge in [-0.2, -0.15) is 0 Å². The van der Waals surface area contributed by atoms with Crippen molar-refractivity contribution in [2.45, 2.75) is 136 Å². The second kappa shape index (κ2) is 16.8. The number of phenolic OH excluding ortho intramolecular Hbond substituents is 2. The summed E-state index contributed by atoms with van der Waals surface area (Å²) in [7, 11) is 0. The second-order valence-corrected chi connectivity index (χ2v) is 15.2. The Bertz CT molecular complexity index is 1330. The maximum absolute atomic E-state index is 11.2. The number of hydrogen-bond donors (Lipinski definition) is 4. The third-order valence-corrected chi connectivity index (χ3v) is 7.96. The van der Waals surface area contributed by atoms with Crippen molar-refractivity contribution in [1.82, 2.24) is 0 Å². The number of nitrogens with zero attached hydrogens (tertiary/aromatic N) is 2. The van der Waals surface area contributed by atoms with Crippen LogP contribution in [0.15, 0.2) is 34.3 Å². The Kier molecular flexibility index (Phi) is 15.0. The smallest absolute Gasteiger partial charge is 0.303 e. The number of phenols is 2. The van der Waals surface area contributed by atoms with E-state index in [0.29, 0.717) is 17.9 Å². The Morgan fingerprint density at radius 3 is 1.60 bits per heavy atom. The summed E-state index contributed by atoms with van der Waals surface area (Å²) in [5, 5.41) is 38.1. The Balaban J connectivity index is 0.00000113. The van der Waals surface area contributed by atoms with E-state index < -0.39 is 5.97 Å². The first kappa shape index (κ1) is 40.3. The monoisotopic (exact) mass is 667 g/mol. The average Bonchev–Trinajstić information content (AvgIpc) is 2.90. The fourth-order valence-electron chi connectivity index (χ4n) is 5.26. The summed E-state index contributed by atoms with van der Waals surface area (Å²) in [4.78, 5) is 19.6. The predicted molar refractivity (Wildman–Crippen MR) is 182 cm³/mol. The summed E-state index contributed by atoms with van der Waals surface area (Å²) in [6.45, 7) is 21.4. The minimum absolute atomic E-state index is 0. The molecule has 1 radical (unpaired) electrons. The van der Waals surface area contributed by atoms with Gasteiger partial charge in [0.05, 0.1) is 12.1 Å². The van der Waals surface area contributed by atoms with Gasteiger partial charge in [-0.1, -0.05) is 87.3 Å². The number of aliphatic hydroxyl groups is 1. The van der Waals surface area contributed by atoms with E-state index in [1.165, 1.54) is 5.56 Å². The van der Waals surface area contributed by atoms with E-state index in [2.05, 4.69) is 87.4 Å². The minimum atomic E-state index is -0.853. The standard InChI is InChI=1S/C33H48N2O2.C4H8O3.Co/c1-21-15-22(29(36)25(16-21)32(5,6)7)19-34-27-13-11-12-14-28(27)35-20-23-17-24(31(2,3)4)18-26(30(23)37)33(8,9)10;5-3-1-2-4(6)7;/h15-20,27-28,36-37H,11-14H2,1-10H3;5H,1-3H2,(H,6,7);. The first-order valence-corrected chi connectivity index (χ1v) is 15.9.